The normalized spacial score (nSPS) is 58.9. The van der Waals surface area contributed by atoms with Crippen LogP contribution in [0.4, 0.5) is 0 Å². The van der Waals surface area contributed by atoms with Crippen molar-refractivity contribution in [2.75, 3.05) is 6.61 Å². The summed E-state index contributed by atoms with van der Waals surface area (Å²) in [5.41, 5.74) is 1.99. The zero-order valence-corrected chi connectivity index (χ0v) is 12.1. The molecule has 0 spiro atoms. The van der Waals surface area contributed by atoms with Crippen LogP contribution in [-0.2, 0) is 0 Å². The van der Waals surface area contributed by atoms with E-state index in [2.05, 4.69) is 34.6 Å². The maximum absolute atomic E-state index is 9.40. The van der Waals surface area contributed by atoms with E-state index in [1.54, 1.807) is 0 Å². The van der Waals surface area contributed by atoms with Gasteiger partial charge in [0.1, 0.15) is 0 Å². The molecule has 0 aromatic heterocycles. The number of aliphatic hydroxyl groups excluding tert-OH is 1. The molecule has 3 aliphatic rings. The average molecular weight is 236 g/mol. The summed E-state index contributed by atoms with van der Waals surface area (Å²) in [4.78, 5) is 0. The van der Waals surface area contributed by atoms with E-state index in [1.807, 2.05) is 0 Å². The van der Waals surface area contributed by atoms with E-state index in [-0.39, 0.29) is 5.41 Å². The molecule has 5 atom stereocenters. The summed E-state index contributed by atoms with van der Waals surface area (Å²) in [7, 11) is 0. The van der Waals surface area contributed by atoms with Crippen molar-refractivity contribution < 1.29 is 5.11 Å². The number of hydrogen-bond acceptors (Lipinski definition) is 1. The van der Waals surface area contributed by atoms with Gasteiger partial charge in [-0.2, -0.15) is 0 Å². The van der Waals surface area contributed by atoms with Crippen LogP contribution in [-0.4, -0.2) is 11.7 Å². The van der Waals surface area contributed by atoms with Gasteiger partial charge in [0.25, 0.3) is 0 Å². The molecule has 98 valence electrons. The molecule has 0 saturated heterocycles. The van der Waals surface area contributed by atoms with E-state index in [4.69, 9.17) is 0 Å². The minimum Gasteiger partial charge on any atom is -0.396 e. The average Bonchev–Trinajstić information content (AvgIpc) is 3.01. The Kier molecular flexibility index (Phi) is 2.07. The Labute approximate surface area is 106 Å². The quantitative estimate of drug-likeness (QED) is 0.789. The van der Waals surface area contributed by atoms with Gasteiger partial charge in [0.05, 0.1) is 0 Å². The van der Waals surface area contributed by atoms with E-state index < -0.39 is 0 Å². The van der Waals surface area contributed by atoms with E-state index in [0.717, 1.165) is 11.8 Å². The molecule has 0 aromatic carbocycles. The molecule has 1 N–H and O–H groups in total. The fourth-order valence-corrected chi connectivity index (χ4v) is 5.08. The van der Waals surface area contributed by atoms with E-state index >= 15 is 0 Å². The minimum atomic E-state index is 0.269. The Hall–Kier alpha value is -0.0400. The van der Waals surface area contributed by atoms with E-state index in [1.165, 1.54) is 25.7 Å². The van der Waals surface area contributed by atoms with Crippen molar-refractivity contribution in [1.29, 1.82) is 0 Å². The van der Waals surface area contributed by atoms with Crippen LogP contribution in [0.2, 0.25) is 0 Å². The lowest BCUT2D eigenvalue weighted by Gasteiger charge is -2.36. The second kappa shape index (κ2) is 2.92. The summed E-state index contributed by atoms with van der Waals surface area (Å²) in [6, 6.07) is 0. The van der Waals surface area contributed by atoms with E-state index in [0.29, 0.717) is 22.9 Å². The Morgan fingerprint density at radius 1 is 1.00 bits per heavy atom. The monoisotopic (exact) mass is 236 g/mol. The predicted octanol–water partition coefficient (Wildman–Crippen LogP) is 3.86. The maximum atomic E-state index is 9.40. The van der Waals surface area contributed by atoms with Gasteiger partial charge in [-0.05, 0) is 59.2 Å². The predicted molar refractivity (Wildman–Crippen MR) is 70.6 cm³/mol. The number of rotatable bonds is 3. The van der Waals surface area contributed by atoms with Crippen LogP contribution in [0.3, 0.4) is 0 Å². The summed E-state index contributed by atoms with van der Waals surface area (Å²) in [5.74, 6) is 1.67. The van der Waals surface area contributed by atoms with Crippen LogP contribution >= 0.6 is 0 Å². The lowest BCUT2D eigenvalue weighted by molar-refractivity contribution is 0.125. The molecule has 3 fully saturated rings. The Balaban J connectivity index is 1.71. The molecule has 0 aliphatic heterocycles. The molecule has 3 aliphatic carbocycles. The molecule has 2 unspecified atom stereocenters. The number of hydrogen-bond donors (Lipinski definition) is 1. The molecule has 3 saturated carbocycles. The first kappa shape index (κ1) is 12.0. The maximum Gasteiger partial charge on any atom is 0.0487 e. The van der Waals surface area contributed by atoms with Crippen LogP contribution < -0.4 is 0 Å². The molecule has 0 aromatic rings. The highest BCUT2D eigenvalue weighted by atomic mass is 16.3. The summed E-state index contributed by atoms with van der Waals surface area (Å²) in [5, 5.41) is 9.40. The fraction of sp³-hybridized carbons (Fsp3) is 1.00. The summed E-state index contributed by atoms with van der Waals surface area (Å²) >= 11 is 0. The van der Waals surface area contributed by atoms with Crippen LogP contribution in [0.25, 0.3) is 0 Å². The number of aliphatic hydroxyl groups is 1. The van der Waals surface area contributed by atoms with Gasteiger partial charge < -0.3 is 5.11 Å². The number of fused-ring (bicyclic) bond motifs is 1. The zero-order valence-electron chi connectivity index (χ0n) is 12.1. The first-order chi connectivity index (χ1) is 7.69. The molecular formula is C16H28O. The summed E-state index contributed by atoms with van der Waals surface area (Å²) < 4.78 is 0. The first-order valence-electron chi connectivity index (χ1n) is 7.29. The van der Waals surface area contributed by atoms with Gasteiger partial charge in [-0.25, -0.2) is 0 Å². The third-order valence-corrected chi connectivity index (χ3v) is 7.56. The fourth-order valence-electron chi connectivity index (χ4n) is 5.08. The smallest absolute Gasteiger partial charge is 0.0487 e. The Bertz CT molecular complexity index is 361. The lowest BCUT2D eigenvalue weighted by Crippen LogP contribution is -2.28. The van der Waals surface area contributed by atoms with Crippen LogP contribution in [0.1, 0.15) is 60.3 Å². The molecule has 1 nitrogen and oxygen atoms in total. The molecule has 1 heteroatoms. The van der Waals surface area contributed by atoms with Crippen molar-refractivity contribution in [3.63, 3.8) is 0 Å². The Morgan fingerprint density at radius 2 is 1.65 bits per heavy atom. The van der Waals surface area contributed by atoms with Crippen LogP contribution in [0, 0.1) is 33.5 Å². The van der Waals surface area contributed by atoms with Gasteiger partial charge >= 0.3 is 0 Å². The van der Waals surface area contributed by atoms with Crippen molar-refractivity contribution in [1.82, 2.24) is 0 Å². The highest BCUT2D eigenvalue weighted by molar-refractivity contribution is 5.23. The van der Waals surface area contributed by atoms with Crippen molar-refractivity contribution in [2.45, 2.75) is 60.3 Å². The van der Waals surface area contributed by atoms with Gasteiger partial charge in [-0.1, -0.05) is 34.6 Å². The minimum absolute atomic E-state index is 0.269. The van der Waals surface area contributed by atoms with Gasteiger partial charge in [-0.3, -0.25) is 0 Å². The molecule has 3 rings (SSSR count). The topological polar surface area (TPSA) is 20.2 Å². The second-order valence-electron chi connectivity index (χ2n) is 8.64. The third-order valence-electron chi connectivity index (χ3n) is 7.56. The summed E-state index contributed by atoms with van der Waals surface area (Å²) in [6.07, 6.45) is 5.47. The van der Waals surface area contributed by atoms with Crippen molar-refractivity contribution in [3.05, 3.63) is 0 Å². The van der Waals surface area contributed by atoms with Crippen molar-refractivity contribution in [3.8, 4) is 0 Å². The lowest BCUT2D eigenvalue weighted by atomic mass is 9.69. The van der Waals surface area contributed by atoms with Gasteiger partial charge in [-0.15, -0.1) is 0 Å². The zero-order chi connectivity index (χ0) is 12.7. The van der Waals surface area contributed by atoms with E-state index in [9.17, 15) is 5.11 Å². The van der Waals surface area contributed by atoms with Gasteiger partial charge in [0, 0.05) is 6.61 Å². The van der Waals surface area contributed by atoms with Gasteiger partial charge in [0.2, 0.25) is 0 Å². The molecule has 17 heavy (non-hydrogen) atoms. The van der Waals surface area contributed by atoms with Crippen LogP contribution in [0.15, 0.2) is 0 Å². The SMILES string of the molecule is CC1(CO)CC1C[C@H]1C[C@]2(C)C[C@]2(C)C1(C)C. The first-order valence-corrected chi connectivity index (χ1v) is 7.29. The molecular weight excluding hydrogens is 208 g/mol. The Morgan fingerprint density at radius 3 is 2.06 bits per heavy atom. The highest BCUT2D eigenvalue weighted by Gasteiger charge is 2.74. The summed E-state index contributed by atoms with van der Waals surface area (Å²) in [6.45, 7) is 12.6. The second-order valence-corrected chi connectivity index (χ2v) is 8.64. The molecule has 0 amide bonds. The van der Waals surface area contributed by atoms with Crippen molar-refractivity contribution >= 4 is 0 Å². The van der Waals surface area contributed by atoms with Crippen LogP contribution in [0.5, 0.6) is 0 Å². The molecule has 0 radical (unpaired) electrons. The molecule has 0 heterocycles. The largest absolute Gasteiger partial charge is 0.396 e. The standard InChI is InChI=1S/C16H28O/c1-13(2)11(6-12-7-14(12,3)10-17)8-15(4)9-16(13,15)5/h11-12,17H,6-10H2,1-5H3/t11-,12?,14?,15+,16+/m0/s1. The third kappa shape index (κ3) is 1.30. The molecule has 0 bridgehead atoms. The van der Waals surface area contributed by atoms with Crippen molar-refractivity contribution in [2.24, 2.45) is 33.5 Å². The van der Waals surface area contributed by atoms with Gasteiger partial charge in [0.15, 0.2) is 0 Å². The highest BCUT2D eigenvalue weighted by Crippen LogP contribution is 2.82.